The van der Waals surface area contributed by atoms with Gasteiger partial charge in [-0.25, -0.2) is 13.2 Å². The van der Waals surface area contributed by atoms with Gasteiger partial charge < -0.3 is 15.3 Å². The molecule has 2 amide bonds. The summed E-state index contributed by atoms with van der Waals surface area (Å²) in [4.78, 5) is 38.9. The molecule has 0 bridgehead atoms. The number of carbonyl (C=O) groups excluding carboxylic acids is 2. The van der Waals surface area contributed by atoms with Gasteiger partial charge >= 0.3 is 5.97 Å². The van der Waals surface area contributed by atoms with E-state index in [2.05, 4.69) is 10.0 Å². The highest BCUT2D eigenvalue weighted by atomic mass is 32.2. The first-order chi connectivity index (χ1) is 15.8. The maximum absolute atomic E-state index is 13.3. The number of sulfonamides is 1. The van der Waals surface area contributed by atoms with Crippen LogP contribution in [-0.4, -0.2) is 61.4 Å². The quantitative estimate of drug-likeness (QED) is 0.456. The van der Waals surface area contributed by atoms with Gasteiger partial charge in [0, 0.05) is 19.0 Å². The summed E-state index contributed by atoms with van der Waals surface area (Å²) < 4.78 is 28.4. The van der Waals surface area contributed by atoms with Crippen molar-refractivity contribution in [2.75, 3.05) is 13.1 Å². The molecule has 0 aliphatic carbocycles. The lowest BCUT2D eigenvalue weighted by molar-refractivity contribution is -0.144. The Bertz CT molecular complexity index is 967. The highest BCUT2D eigenvalue weighted by Gasteiger charge is 2.34. The van der Waals surface area contributed by atoms with E-state index < -0.39 is 34.0 Å². The molecule has 0 saturated carbocycles. The summed E-state index contributed by atoms with van der Waals surface area (Å²) in [5.41, 5.74) is 0.934. The molecule has 34 heavy (non-hydrogen) atoms. The van der Waals surface area contributed by atoms with Crippen molar-refractivity contribution in [2.24, 2.45) is 17.8 Å². The number of carboxylic acids is 1. The number of nitrogens with one attached hydrogen (secondary N) is 2. The Morgan fingerprint density at radius 3 is 2.09 bits per heavy atom. The smallest absolute Gasteiger partial charge is 0.326 e. The maximum Gasteiger partial charge on any atom is 0.326 e. The molecule has 2 unspecified atom stereocenters. The molecule has 2 atom stereocenters. The number of nitrogens with zero attached hydrogens (tertiary/aromatic N) is 1. The number of rotatable bonds is 10. The predicted octanol–water partition coefficient (Wildman–Crippen LogP) is 2.15. The Morgan fingerprint density at radius 1 is 1.06 bits per heavy atom. The summed E-state index contributed by atoms with van der Waals surface area (Å²) in [6, 6.07) is 4.57. The third-order valence-electron chi connectivity index (χ3n) is 6.04. The minimum atomic E-state index is -3.88. The highest BCUT2D eigenvalue weighted by Crippen LogP contribution is 2.21. The Balaban J connectivity index is 2.05. The number of benzene rings is 1. The fraction of sp³-hybridized carbons (Fsp3) is 0.625. The number of aliphatic carboxylic acids is 1. The Hall–Kier alpha value is -2.46. The number of hydrogen-bond acceptors (Lipinski definition) is 5. The summed E-state index contributed by atoms with van der Waals surface area (Å²) in [5.74, 6) is -2.27. The zero-order valence-corrected chi connectivity index (χ0v) is 21.4. The summed E-state index contributed by atoms with van der Waals surface area (Å²) >= 11 is 0. The zero-order chi connectivity index (χ0) is 25.6. The lowest BCUT2D eigenvalue weighted by atomic mass is 9.93. The van der Waals surface area contributed by atoms with Crippen molar-refractivity contribution < 1.29 is 27.9 Å². The first-order valence-corrected chi connectivity index (χ1v) is 13.2. The van der Waals surface area contributed by atoms with Crippen molar-refractivity contribution in [3.8, 4) is 0 Å². The number of piperidine rings is 1. The Morgan fingerprint density at radius 2 is 1.62 bits per heavy atom. The van der Waals surface area contributed by atoms with E-state index in [0.29, 0.717) is 32.4 Å². The largest absolute Gasteiger partial charge is 0.480 e. The fourth-order valence-corrected chi connectivity index (χ4v) is 5.21. The van der Waals surface area contributed by atoms with Crippen LogP contribution in [0.2, 0.25) is 0 Å². The molecule has 10 heteroatoms. The molecule has 190 valence electrons. The molecule has 1 aliphatic rings. The molecule has 2 rings (SSSR count). The SMILES string of the molecule is Cc1ccc(S(=O)(=O)NC(CC(C)C)C(=O)N2CCC(C(=O)NC(C(=O)O)C(C)C)CC2)cc1. The van der Waals surface area contributed by atoms with Crippen LogP contribution in [0.15, 0.2) is 29.2 Å². The molecule has 1 aromatic carbocycles. The van der Waals surface area contributed by atoms with Gasteiger partial charge in [-0.1, -0.05) is 45.4 Å². The van der Waals surface area contributed by atoms with E-state index in [9.17, 15) is 27.9 Å². The van der Waals surface area contributed by atoms with Crippen molar-refractivity contribution in [1.29, 1.82) is 0 Å². The number of hydrogen-bond donors (Lipinski definition) is 3. The van der Waals surface area contributed by atoms with Gasteiger partial charge in [0.05, 0.1) is 4.90 Å². The first kappa shape index (κ1) is 27.8. The molecule has 0 spiro atoms. The monoisotopic (exact) mass is 495 g/mol. The van der Waals surface area contributed by atoms with Gasteiger partial charge in [0.15, 0.2) is 0 Å². The van der Waals surface area contributed by atoms with E-state index in [1.54, 1.807) is 30.9 Å². The molecule has 1 saturated heterocycles. The van der Waals surface area contributed by atoms with E-state index in [4.69, 9.17) is 0 Å². The van der Waals surface area contributed by atoms with Crippen LogP contribution in [-0.2, 0) is 24.4 Å². The lowest BCUT2D eigenvalue weighted by Crippen LogP contribution is -2.53. The molecule has 9 nitrogen and oxygen atoms in total. The second-order valence-electron chi connectivity index (χ2n) is 9.78. The zero-order valence-electron chi connectivity index (χ0n) is 20.6. The van der Waals surface area contributed by atoms with Crippen molar-refractivity contribution in [1.82, 2.24) is 14.9 Å². The number of likely N-dealkylation sites (tertiary alicyclic amines) is 1. The first-order valence-electron chi connectivity index (χ1n) is 11.7. The van der Waals surface area contributed by atoms with Gasteiger partial charge in [0.25, 0.3) is 0 Å². The second-order valence-corrected chi connectivity index (χ2v) is 11.5. The molecular formula is C24H37N3O6S. The molecule has 1 aliphatic heterocycles. The van der Waals surface area contributed by atoms with Crippen molar-refractivity contribution in [3.63, 3.8) is 0 Å². The van der Waals surface area contributed by atoms with Gasteiger partial charge in [-0.05, 0) is 50.2 Å². The molecule has 0 aromatic heterocycles. The Labute approximate surface area is 202 Å². The van der Waals surface area contributed by atoms with E-state index in [-0.39, 0.29) is 28.5 Å². The number of aryl methyl sites for hydroxylation is 1. The number of carbonyl (C=O) groups is 3. The molecule has 0 radical (unpaired) electrons. The van der Waals surface area contributed by atoms with Crippen molar-refractivity contribution >= 4 is 27.8 Å². The summed E-state index contributed by atoms with van der Waals surface area (Å²) in [5, 5.41) is 11.9. The molecule has 1 aromatic rings. The maximum atomic E-state index is 13.3. The number of carboxylic acid groups (broad SMARTS) is 1. The van der Waals surface area contributed by atoms with Gasteiger partial charge in [0.1, 0.15) is 12.1 Å². The van der Waals surface area contributed by atoms with E-state index in [0.717, 1.165) is 5.56 Å². The van der Waals surface area contributed by atoms with Gasteiger partial charge in [-0.15, -0.1) is 0 Å². The predicted molar refractivity (Wildman–Crippen MR) is 128 cm³/mol. The summed E-state index contributed by atoms with van der Waals surface area (Å²) in [6.07, 6.45) is 1.13. The van der Waals surface area contributed by atoms with Gasteiger partial charge in [0.2, 0.25) is 21.8 Å². The van der Waals surface area contributed by atoms with Crippen LogP contribution in [0.5, 0.6) is 0 Å². The van der Waals surface area contributed by atoms with Crippen molar-refractivity contribution in [2.45, 2.75) is 70.9 Å². The topological polar surface area (TPSA) is 133 Å². The normalized spacial score (nSPS) is 17.0. The summed E-state index contributed by atoms with van der Waals surface area (Å²) in [6.45, 7) is 9.77. The van der Waals surface area contributed by atoms with Crippen molar-refractivity contribution in [3.05, 3.63) is 29.8 Å². The average Bonchev–Trinajstić information content (AvgIpc) is 2.75. The van der Waals surface area contributed by atoms with Crippen LogP contribution >= 0.6 is 0 Å². The molecular weight excluding hydrogens is 458 g/mol. The summed E-state index contributed by atoms with van der Waals surface area (Å²) in [7, 11) is -3.88. The van der Waals surface area contributed by atoms with Crippen LogP contribution in [0, 0.1) is 24.7 Å². The average molecular weight is 496 g/mol. The minimum absolute atomic E-state index is 0.0852. The van der Waals surface area contributed by atoms with Crippen LogP contribution in [0.25, 0.3) is 0 Å². The second kappa shape index (κ2) is 11.8. The van der Waals surface area contributed by atoms with Crippen LogP contribution in [0.1, 0.15) is 52.5 Å². The highest BCUT2D eigenvalue weighted by molar-refractivity contribution is 7.89. The third kappa shape index (κ3) is 7.53. The Kier molecular flexibility index (Phi) is 9.64. The lowest BCUT2D eigenvalue weighted by Gasteiger charge is -2.34. The standard InChI is InChI=1S/C24H37N3O6S/c1-15(2)14-20(26-34(32,33)19-8-6-17(5)7-9-19)23(29)27-12-10-18(11-13-27)22(28)25-21(16(3)4)24(30)31/h6-9,15-16,18,20-21,26H,10-14H2,1-5H3,(H,25,28)(H,30,31). The van der Waals surface area contributed by atoms with Gasteiger partial charge in [-0.3, -0.25) is 9.59 Å². The molecule has 1 fully saturated rings. The van der Waals surface area contributed by atoms with E-state index in [1.807, 2.05) is 20.8 Å². The minimum Gasteiger partial charge on any atom is -0.480 e. The van der Waals surface area contributed by atoms with Crippen LogP contribution < -0.4 is 10.0 Å². The number of amides is 2. The fourth-order valence-electron chi connectivity index (χ4n) is 4.01. The third-order valence-corrected chi connectivity index (χ3v) is 7.53. The van der Waals surface area contributed by atoms with E-state index in [1.165, 1.54) is 12.1 Å². The van der Waals surface area contributed by atoms with Crippen LogP contribution in [0.3, 0.4) is 0 Å². The molecule has 3 N–H and O–H groups in total. The van der Waals surface area contributed by atoms with Gasteiger partial charge in [-0.2, -0.15) is 4.72 Å². The van der Waals surface area contributed by atoms with E-state index >= 15 is 0 Å². The van der Waals surface area contributed by atoms with Crippen LogP contribution in [0.4, 0.5) is 0 Å². The molecule has 1 heterocycles.